The van der Waals surface area contributed by atoms with E-state index < -0.39 is 0 Å². The van der Waals surface area contributed by atoms with Crippen molar-refractivity contribution < 1.29 is 4.92 Å². The summed E-state index contributed by atoms with van der Waals surface area (Å²) in [6.07, 6.45) is 1.09. The molecule has 17 heavy (non-hydrogen) atoms. The summed E-state index contributed by atoms with van der Waals surface area (Å²) < 4.78 is 0. The lowest BCUT2D eigenvalue weighted by atomic mass is 9.92. The molecule has 0 spiro atoms. The van der Waals surface area contributed by atoms with E-state index in [9.17, 15) is 10.1 Å². The second-order valence-electron chi connectivity index (χ2n) is 5.41. The van der Waals surface area contributed by atoms with E-state index in [4.69, 9.17) is 0 Å². The van der Waals surface area contributed by atoms with Crippen LogP contribution in [0.3, 0.4) is 0 Å². The molecule has 4 nitrogen and oxygen atoms in total. The van der Waals surface area contributed by atoms with Gasteiger partial charge in [0.1, 0.15) is 0 Å². The third-order valence-electron chi connectivity index (χ3n) is 2.50. The molecule has 0 aliphatic heterocycles. The van der Waals surface area contributed by atoms with Gasteiger partial charge in [0.25, 0.3) is 5.69 Å². The van der Waals surface area contributed by atoms with Crippen molar-refractivity contribution in [3.8, 4) is 0 Å². The van der Waals surface area contributed by atoms with E-state index in [0.29, 0.717) is 12.0 Å². The van der Waals surface area contributed by atoms with E-state index in [1.165, 1.54) is 6.07 Å². The minimum atomic E-state index is -0.362. The normalized spacial score (nSPS) is 11.5. The Balaban J connectivity index is 2.42. The third kappa shape index (κ3) is 5.45. The highest BCUT2D eigenvalue weighted by Gasteiger charge is 2.09. The second kappa shape index (κ2) is 5.77. The van der Waals surface area contributed by atoms with Crippen molar-refractivity contribution in [2.75, 3.05) is 6.54 Å². The lowest BCUT2D eigenvalue weighted by Gasteiger charge is -2.18. The highest BCUT2D eigenvalue weighted by atomic mass is 16.6. The molecule has 4 heteroatoms. The van der Waals surface area contributed by atoms with Gasteiger partial charge in [0, 0.05) is 18.7 Å². The number of hydrogen-bond acceptors (Lipinski definition) is 3. The maximum absolute atomic E-state index is 10.6. The first-order valence-electron chi connectivity index (χ1n) is 5.82. The molecule has 0 aromatic heterocycles. The van der Waals surface area contributed by atoms with Gasteiger partial charge in [-0.15, -0.1) is 0 Å². The van der Waals surface area contributed by atoms with Crippen LogP contribution < -0.4 is 5.32 Å². The molecule has 1 aromatic carbocycles. The maximum Gasteiger partial charge on any atom is 0.269 e. The first-order chi connectivity index (χ1) is 7.88. The number of benzene rings is 1. The zero-order chi connectivity index (χ0) is 12.9. The molecule has 0 radical (unpaired) electrons. The molecule has 0 atom stereocenters. The van der Waals surface area contributed by atoms with Crippen LogP contribution >= 0.6 is 0 Å². The van der Waals surface area contributed by atoms with Crippen LogP contribution in [-0.4, -0.2) is 11.5 Å². The van der Waals surface area contributed by atoms with Crippen molar-refractivity contribution in [2.24, 2.45) is 5.41 Å². The molecule has 0 fully saturated rings. The Labute approximate surface area is 102 Å². The number of nitro groups is 1. The lowest BCUT2D eigenvalue weighted by Crippen LogP contribution is -2.20. The summed E-state index contributed by atoms with van der Waals surface area (Å²) in [5.41, 5.74) is 1.42. The predicted molar refractivity (Wildman–Crippen MR) is 68.9 cm³/mol. The van der Waals surface area contributed by atoms with E-state index in [-0.39, 0.29) is 10.6 Å². The van der Waals surface area contributed by atoms with Crippen LogP contribution in [-0.2, 0) is 6.54 Å². The molecule has 1 rings (SSSR count). The van der Waals surface area contributed by atoms with Crippen molar-refractivity contribution >= 4 is 5.69 Å². The largest absolute Gasteiger partial charge is 0.313 e. The summed E-state index contributed by atoms with van der Waals surface area (Å²) in [4.78, 5) is 10.2. The molecule has 0 bridgehead atoms. The van der Waals surface area contributed by atoms with Crippen LogP contribution in [0.1, 0.15) is 32.8 Å². The van der Waals surface area contributed by atoms with Crippen molar-refractivity contribution in [1.82, 2.24) is 5.32 Å². The summed E-state index contributed by atoms with van der Waals surface area (Å²) in [5.74, 6) is 0. The van der Waals surface area contributed by atoms with E-state index >= 15 is 0 Å². The van der Waals surface area contributed by atoms with Crippen molar-refractivity contribution in [2.45, 2.75) is 33.7 Å². The van der Waals surface area contributed by atoms with Crippen molar-refractivity contribution in [1.29, 1.82) is 0 Å². The molecular formula is C13H20N2O2. The molecular weight excluding hydrogens is 216 g/mol. The van der Waals surface area contributed by atoms with Crippen LogP contribution in [0.25, 0.3) is 0 Å². The fourth-order valence-electron chi connectivity index (χ4n) is 1.48. The van der Waals surface area contributed by atoms with Gasteiger partial charge in [0.05, 0.1) is 4.92 Å². The molecule has 94 valence electrons. The Morgan fingerprint density at radius 3 is 2.65 bits per heavy atom. The number of rotatable bonds is 5. The summed E-state index contributed by atoms with van der Waals surface area (Å²) in [5, 5.41) is 13.9. The van der Waals surface area contributed by atoms with Crippen molar-refractivity contribution in [3.05, 3.63) is 39.9 Å². The third-order valence-corrected chi connectivity index (χ3v) is 2.50. The summed E-state index contributed by atoms with van der Waals surface area (Å²) >= 11 is 0. The van der Waals surface area contributed by atoms with Gasteiger partial charge >= 0.3 is 0 Å². The van der Waals surface area contributed by atoms with Gasteiger partial charge in [0.15, 0.2) is 0 Å². The second-order valence-corrected chi connectivity index (χ2v) is 5.41. The first-order valence-corrected chi connectivity index (χ1v) is 5.82. The quantitative estimate of drug-likeness (QED) is 0.485. The van der Waals surface area contributed by atoms with Crippen LogP contribution in [0.5, 0.6) is 0 Å². The summed E-state index contributed by atoms with van der Waals surface area (Å²) in [6.45, 7) is 8.19. The average Bonchev–Trinajstić information content (AvgIpc) is 2.23. The van der Waals surface area contributed by atoms with Crippen LogP contribution in [0.4, 0.5) is 5.69 Å². The van der Waals surface area contributed by atoms with Gasteiger partial charge in [-0.1, -0.05) is 32.9 Å². The molecule has 0 heterocycles. The molecule has 0 aliphatic rings. The van der Waals surface area contributed by atoms with Gasteiger partial charge in [-0.2, -0.15) is 0 Å². The molecule has 0 amide bonds. The predicted octanol–water partition coefficient (Wildman–Crippen LogP) is 3.12. The van der Waals surface area contributed by atoms with Crippen LogP contribution in [0, 0.1) is 15.5 Å². The van der Waals surface area contributed by atoms with Gasteiger partial charge in [-0.25, -0.2) is 0 Å². The summed E-state index contributed by atoms with van der Waals surface area (Å²) in [7, 11) is 0. The fourth-order valence-corrected chi connectivity index (χ4v) is 1.48. The minimum absolute atomic E-state index is 0.153. The molecule has 0 saturated heterocycles. The average molecular weight is 236 g/mol. The highest BCUT2D eigenvalue weighted by molar-refractivity contribution is 5.34. The minimum Gasteiger partial charge on any atom is -0.313 e. The highest BCUT2D eigenvalue weighted by Crippen LogP contribution is 2.17. The molecule has 1 aromatic rings. The van der Waals surface area contributed by atoms with Gasteiger partial charge in [-0.05, 0) is 23.9 Å². The zero-order valence-electron chi connectivity index (χ0n) is 10.7. The monoisotopic (exact) mass is 236 g/mol. The first kappa shape index (κ1) is 13.6. The van der Waals surface area contributed by atoms with Crippen LogP contribution in [0.2, 0.25) is 0 Å². The maximum atomic E-state index is 10.6. The lowest BCUT2D eigenvalue weighted by molar-refractivity contribution is -0.384. The molecule has 1 N–H and O–H groups in total. The standard InChI is InChI=1S/C13H20N2O2/c1-13(2,3)7-8-14-10-11-5-4-6-12(9-11)15(16)17/h4-6,9,14H,7-8,10H2,1-3H3. The zero-order valence-corrected chi connectivity index (χ0v) is 10.7. The Kier molecular flexibility index (Phi) is 4.63. The Hall–Kier alpha value is -1.42. The van der Waals surface area contributed by atoms with E-state index in [1.807, 2.05) is 6.07 Å². The topological polar surface area (TPSA) is 55.2 Å². The number of nitro benzene ring substituents is 1. The fraction of sp³-hybridized carbons (Fsp3) is 0.538. The Bertz CT molecular complexity index is 383. The Morgan fingerprint density at radius 2 is 2.06 bits per heavy atom. The van der Waals surface area contributed by atoms with Crippen LogP contribution in [0.15, 0.2) is 24.3 Å². The van der Waals surface area contributed by atoms with Gasteiger partial charge in [0.2, 0.25) is 0 Å². The number of nitrogens with one attached hydrogen (secondary N) is 1. The van der Waals surface area contributed by atoms with E-state index in [2.05, 4.69) is 26.1 Å². The van der Waals surface area contributed by atoms with Gasteiger partial charge in [-0.3, -0.25) is 10.1 Å². The SMILES string of the molecule is CC(C)(C)CCNCc1cccc([N+](=O)[O-])c1. The van der Waals surface area contributed by atoms with E-state index in [1.54, 1.807) is 12.1 Å². The number of hydrogen-bond donors (Lipinski definition) is 1. The smallest absolute Gasteiger partial charge is 0.269 e. The molecule has 0 unspecified atom stereocenters. The van der Waals surface area contributed by atoms with Gasteiger partial charge < -0.3 is 5.32 Å². The molecule has 0 saturated carbocycles. The summed E-state index contributed by atoms with van der Waals surface area (Å²) in [6, 6.07) is 6.75. The molecule has 0 aliphatic carbocycles. The number of nitrogens with zero attached hydrogens (tertiary/aromatic N) is 1. The van der Waals surface area contributed by atoms with Crippen molar-refractivity contribution in [3.63, 3.8) is 0 Å². The Morgan fingerprint density at radius 1 is 1.35 bits per heavy atom. The number of non-ortho nitro benzene ring substituents is 1. The van der Waals surface area contributed by atoms with E-state index in [0.717, 1.165) is 18.5 Å².